The van der Waals surface area contributed by atoms with Gasteiger partial charge in [-0.05, 0) is 45.4 Å². The van der Waals surface area contributed by atoms with E-state index < -0.39 is 0 Å². The fourth-order valence-electron chi connectivity index (χ4n) is 2.72. The molecule has 8 nitrogen and oxygen atoms in total. The highest BCUT2D eigenvalue weighted by atomic mass is 127. The average molecular weight is 559 g/mol. The first kappa shape index (κ1) is 26.8. The highest BCUT2D eigenvalue weighted by Crippen LogP contribution is 2.24. The van der Waals surface area contributed by atoms with Crippen molar-refractivity contribution in [3.8, 4) is 0 Å². The zero-order valence-corrected chi connectivity index (χ0v) is 21.6. The number of ether oxygens (including phenoxy) is 1. The highest BCUT2D eigenvalue weighted by molar-refractivity contribution is 14.0. The average Bonchev–Trinajstić information content (AvgIpc) is 3.13. The van der Waals surface area contributed by atoms with Crippen LogP contribution in [0.2, 0.25) is 0 Å². The van der Waals surface area contributed by atoms with E-state index in [-0.39, 0.29) is 41.9 Å². The number of esters is 1. The van der Waals surface area contributed by atoms with Crippen molar-refractivity contribution in [2.24, 2.45) is 4.99 Å². The van der Waals surface area contributed by atoms with Gasteiger partial charge in [0.25, 0.3) is 5.91 Å². The highest BCUT2D eigenvalue weighted by Gasteiger charge is 2.20. The molecule has 0 radical (unpaired) electrons. The number of aromatic nitrogens is 1. The van der Waals surface area contributed by atoms with Gasteiger partial charge in [-0.15, -0.1) is 35.3 Å². The van der Waals surface area contributed by atoms with Crippen molar-refractivity contribution in [1.82, 2.24) is 20.9 Å². The first-order valence-electron chi connectivity index (χ1n) is 9.88. The maximum absolute atomic E-state index is 12.0. The lowest BCUT2D eigenvalue weighted by Crippen LogP contribution is -2.38. The lowest BCUT2D eigenvalue weighted by atomic mass is 10.1. The molecule has 0 bridgehead atoms. The molecule has 0 saturated heterocycles. The van der Waals surface area contributed by atoms with Crippen LogP contribution in [0.3, 0.4) is 0 Å². The van der Waals surface area contributed by atoms with Crippen LogP contribution in [-0.4, -0.2) is 43.0 Å². The summed E-state index contributed by atoms with van der Waals surface area (Å²) in [7, 11) is 1.68. The number of nitrogens with one attached hydrogen (secondary N) is 3. The first-order chi connectivity index (χ1) is 14.4. The number of carbonyl (C=O) groups excluding carboxylic acids is 2. The van der Waals surface area contributed by atoms with Crippen molar-refractivity contribution >= 4 is 53.1 Å². The number of halogens is 1. The van der Waals surface area contributed by atoms with Gasteiger partial charge >= 0.3 is 5.97 Å². The van der Waals surface area contributed by atoms with Gasteiger partial charge in [-0.3, -0.25) is 9.79 Å². The molecule has 0 fully saturated rings. The number of amides is 1. The molecule has 1 atom stereocenters. The molecule has 0 saturated carbocycles. The van der Waals surface area contributed by atoms with E-state index in [1.54, 1.807) is 27.0 Å². The summed E-state index contributed by atoms with van der Waals surface area (Å²) in [5, 5.41) is 10.1. The monoisotopic (exact) mass is 559 g/mol. The Morgan fingerprint density at radius 1 is 1.26 bits per heavy atom. The minimum absolute atomic E-state index is 0. The zero-order valence-electron chi connectivity index (χ0n) is 18.4. The van der Waals surface area contributed by atoms with Crippen LogP contribution in [0.15, 0.2) is 29.3 Å². The fraction of sp³-hybridized carbons (Fsp3) is 0.429. The van der Waals surface area contributed by atoms with Crippen LogP contribution >= 0.6 is 35.3 Å². The SMILES string of the molecule is CCNC(=O)c1cccc(CNC(=NC)NC(C)c2nc(C)c(C(=O)OCC)s2)c1.I. The van der Waals surface area contributed by atoms with Gasteiger partial charge < -0.3 is 20.7 Å². The Kier molecular flexibility index (Phi) is 11.5. The standard InChI is InChI=1S/C21H29N5O3S.HI/c1-6-23-18(27)16-10-8-9-15(11-16)12-24-21(22-5)26-14(4)19-25-13(3)17(30-19)20(28)29-7-2;/h8-11,14H,6-7,12H2,1-5H3,(H,23,27)(H2,22,24,26);1H. The van der Waals surface area contributed by atoms with Crippen molar-refractivity contribution in [3.63, 3.8) is 0 Å². The molecule has 0 aliphatic rings. The van der Waals surface area contributed by atoms with Crippen LogP contribution < -0.4 is 16.0 Å². The molecule has 3 N–H and O–H groups in total. The molecule has 31 heavy (non-hydrogen) atoms. The summed E-state index contributed by atoms with van der Waals surface area (Å²) in [5.41, 5.74) is 2.24. The van der Waals surface area contributed by atoms with Crippen molar-refractivity contribution in [2.75, 3.05) is 20.2 Å². The third-order valence-corrected chi connectivity index (χ3v) is 5.53. The number of thiazole rings is 1. The number of carbonyl (C=O) groups is 2. The summed E-state index contributed by atoms with van der Waals surface area (Å²) >= 11 is 1.32. The molecule has 1 amide bonds. The lowest BCUT2D eigenvalue weighted by Gasteiger charge is -2.16. The Balaban J connectivity index is 0.00000480. The number of hydrogen-bond acceptors (Lipinski definition) is 6. The molecular weight excluding hydrogens is 529 g/mol. The Labute approximate surface area is 204 Å². The van der Waals surface area contributed by atoms with Crippen LogP contribution in [-0.2, 0) is 11.3 Å². The van der Waals surface area contributed by atoms with Gasteiger partial charge in [0.15, 0.2) is 5.96 Å². The second-order valence-electron chi connectivity index (χ2n) is 6.54. The molecule has 0 aliphatic heterocycles. The summed E-state index contributed by atoms with van der Waals surface area (Å²) in [5.74, 6) is 0.156. The van der Waals surface area contributed by atoms with E-state index in [9.17, 15) is 9.59 Å². The molecular formula is C21H30IN5O3S. The summed E-state index contributed by atoms with van der Waals surface area (Å²) < 4.78 is 5.08. The van der Waals surface area contributed by atoms with E-state index >= 15 is 0 Å². The molecule has 2 rings (SSSR count). The van der Waals surface area contributed by atoms with E-state index in [1.807, 2.05) is 32.0 Å². The lowest BCUT2D eigenvalue weighted by molar-refractivity contribution is 0.0531. The number of guanidine groups is 1. The minimum Gasteiger partial charge on any atom is -0.462 e. The molecule has 1 unspecified atom stereocenters. The number of benzene rings is 1. The molecule has 0 spiro atoms. The maximum atomic E-state index is 12.0. The second kappa shape index (κ2) is 13.3. The number of aliphatic imine (C=N–C) groups is 1. The van der Waals surface area contributed by atoms with Gasteiger partial charge in [-0.1, -0.05) is 12.1 Å². The van der Waals surface area contributed by atoms with Crippen molar-refractivity contribution < 1.29 is 14.3 Å². The van der Waals surface area contributed by atoms with Gasteiger partial charge in [0.2, 0.25) is 0 Å². The van der Waals surface area contributed by atoms with E-state index in [2.05, 4.69) is 25.9 Å². The number of nitrogens with zero attached hydrogens (tertiary/aromatic N) is 2. The molecule has 1 heterocycles. The summed E-state index contributed by atoms with van der Waals surface area (Å²) in [4.78, 5) is 33.3. The van der Waals surface area contributed by atoms with E-state index in [0.29, 0.717) is 41.8 Å². The maximum Gasteiger partial charge on any atom is 0.350 e. The minimum atomic E-state index is -0.347. The van der Waals surface area contributed by atoms with Crippen LogP contribution in [0.4, 0.5) is 0 Å². The van der Waals surface area contributed by atoms with Gasteiger partial charge in [0.1, 0.15) is 9.88 Å². The Bertz CT molecular complexity index is 916. The molecule has 170 valence electrons. The van der Waals surface area contributed by atoms with Crippen molar-refractivity contribution in [1.29, 1.82) is 0 Å². The Morgan fingerprint density at radius 3 is 2.65 bits per heavy atom. The number of rotatable bonds is 8. The molecule has 1 aromatic heterocycles. The quantitative estimate of drug-likeness (QED) is 0.198. The van der Waals surface area contributed by atoms with Gasteiger partial charge in [-0.2, -0.15) is 0 Å². The topological polar surface area (TPSA) is 105 Å². The largest absolute Gasteiger partial charge is 0.462 e. The van der Waals surface area contributed by atoms with Gasteiger partial charge in [-0.25, -0.2) is 9.78 Å². The van der Waals surface area contributed by atoms with Crippen LogP contribution in [0.5, 0.6) is 0 Å². The smallest absolute Gasteiger partial charge is 0.350 e. The van der Waals surface area contributed by atoms with E-state index in [4.69, 9.17) is 4.74 Å². The van der Waals surface area contributed by atoms with Crippen LogP contribution in [0.25, 0.3) is 0 Å². The van der Waals surface area contributed by atoms with E-state index in [1.165, 1.54) is 11.3 Å². The first-order valence-corrected chi connectivity index (χ1v) is 10.7. The molecule has 0 aliphatic carbocycles. The molecule has 10 heteroatoms. The normalized spacial score (nSPS) is 11.8. The third kappa shape index (κ3) is 7.76. The van der Waals surface area contributed by atoms with Crippen LogP contribution in [0, 0.1) is 6.92 Å². The predicted molar refractivity (Wildman–Crippen MR) is 134 cm³/mol. The Hall–Kier alpha value is -2.21. The molecule has 1 aromatic carbocycles. The van der Waals surface area contributed by atoms with Gasteiger partial charge in [0, 0.05) is 25.7 Å². The Morgan fingerprint density at radius 2 is 2.00 bits per heavy atom. The summed E-state index contributed by atoms with van der Waals surface area (Å²) in [6, 6.07) is 7.29. The number of aryl methyl sites for hydroxylation is 1. The number of hydrogen-bond donors (Lipinski definition) is 3. The summed E-state index contributed by atoms with van der Waals surface area (Å²) in [6.07, 6.45) is 0. The van der Waals surface area contributed by atoms with Crippen molar-refractivity contribution in [2.45, 2.75) is 40.3 Å². The summed E-state index contributed by atoms with van der Waals surface area (Å²) in [6.45, 7) is 8.84. The third-order valence-electron chi connectivity index (χ3n) is 4.21. The van der Waals surface area contributed by atoms with Crippen LogP contribution in [0.1, 0.15) is 63.1 Å². The van der Waals surface area contributed by atoms with Gasteiger partial charge in [0.05, 0.1) is 18.3 Å². The molecule has 2 aromatic rings. The zero-order chi connectivity index (χ0) is 22.1. The van der Waals surface area contributed by atoms with Crippen molar-refractivity contribution in [3.05, 3.63) is 51.0 Å². The van der Waals surface area contributed by atoms with E-state index in [0.717, 1.165) is 10.6 Å². The second-order valence-corrected chi connectivity index (χ2v) is 7.57. The fourth-order valence-corrected chi connectivity index (χ4v) is 3.68. The predicted octanol–water partition coefficient (Wildman–Crippen LogP) is 3.42.